The third-order valence-electron chi connectivity index (χ3n) is 2.71. The molecule has 0 unspecified atom stereocenters. The standard InChI is InChI=1S/C15H11NO2S2/c17-16-10-14-15(12-8-4-5-9-13(12)19-14)20-18-11-6-2-1-3-7-11/h1-10,17H/b16-10+. The molecule has 0 amide bonds. The van der Waals surface area contributed by atoms with Crippen LogP contribution in [0.15, 0.2) is 64.6 Å². The van der Waals surface area contributed by atoms with Crippen LogP contribution in [0.3, 0.4) is 0 Å². The molecule has 100 valence electrons. The first-order valence-electron chi connectivity index (χ1n) is 5.97. The maximum Gasteiger partial charge on any atom is 0.137 e. The second-order valence-electron chi connectivity index (χ2n) is 4.02. The largest absolute Gasteiger partial charge is 0.421 e. The van der Waals surface area contributed by atoms with E-state index in [1.165, 1.54) is 18.3 Å². The van der Waals surface area contributed by atoms with Crippen molar-refractivity contribution in [3.05, 3.63) is 59.5 Å². The SMILES string of the molecule is O/N=C/c1sc2ccccc2c1SOc1ccccc1. The molecule has 0 aliphatic heterocycles. The molecule has 3 aromatic rings. The van der Waals surface area contributed by atoms with Gasteiger partial charge in [0.25, 0.3) is 0 Å². The highest BCUT2D eigenvalue weighted by atomic mass is 32.2. The number of hydrogen-bond donors (Lipinski definition) is 1. The van der Waals surface area contributed by atoms with Gasteiger partial charge in [-0.3, -0.25) is 0 Å². The lowest BCUT2D eigenvalue weighted by molar-refractivity contribution is 0.322. The Bertz CT molecular complexity index is 738. The molecule has 3 nitrogen and oxygen atoms in total. The van der Waals surface area contributed by atoms with Gasteiger partial charge in [-0.2, -0.15) is 0 Å². The van der Waals surface area contributed by atoms with Crippen molar-refractivity contribution >= 4 is 39.7 Å². The zero-order valence-electron chi connectivity index (χ0n) is 10.4. The smallest absolute Gasteiger partial charge is 0.137 e. The number of hydrogen-bond acceptors (Lipinski definition) is 5. The Balaban J connectivity index is 1.95. The molecule has 3 rings (SSSR count). The van der Waals surface area contributed by atoms with E-state index >= 15 is 0 Å². The topological polar surface area (TPSA) is 41.8 Å². The normalized spacial score (nSPS) is 11.2. The van der Waals surface area contributed by atoms with E-state index in [1.54, 1.807) is 11.3 Å². The highest BCUT2D eigenvalue weighted by Gasteiger charge is 2.12. The molecule has 1 heterocycles. The van der Waals surface area contributed by atoms with Gasteiger partial charge in [-0.25, -0.2) is 0 Å². The lowest BCUT2D eigenvalue weighted by atomic mass is 10.2. The van der Waals surface area contributed by atoms with Gasteiger partial charge < -0.3 is 9.39 Å². The van der Waals surface area contributed by atoms with E-state index in [4.69, 9.17) is 9.39 Å². The molecule has 2 aromatic carbocycles. The summed E-state index contributed by atoms with van der Waals surface area (Å²) in [7, 11) is 0. The molecule has 0 aliphatic rings. The van der Waals surface area contributed by atoms with E-state index in [1.807, 2.05) is 54.6 Å². The number of benzene rings is 2. The van der Waals surface area contributed by atoms with Crippen LogP contribution in [-0.4, -0.2) is 11.4 Å². The fraction of sp³-hybridized carbons (Fsp3) is 0. The van der Waals surface area contributed by atoms with Crippen molar-refractivity contribution in [2.75, 3.05) is 0 Å². The third-order valence-corrected chi connectivity index (χ3v) is 4.83. The Morgan fingerprint density at radius 1 is 1.05 bits per heavy atom. The molecule has 20 heavy (non-hydrogen) atoms. The Labute approximate surface area is 124 Å². The number of oxime groups is 1. The van der Waals surface area contributed by atoms with E-state index in [0.29, 0.717) is 0 Å². The average molecular weight is 301 g/mol. The van der Waals surface area contributed by atoms with E-state index in [9.17, 15) is 0 Å². The fourth-order valence-electron chi connectivity index (χ4n) is 1.83. The zero-order chi connectivity index (χ0) is 13.8. The van der Waals surface area contributed by atoms with E-state index in [-0.39, 0.29) is 0 Å². The summed E-state index contributed by atoms with van der Waals surface area (Å²) in [5, 5.41) is 13.0. The van der Waals surface area contributed by atoms with Crippen LogP contribution in [0.4, 0.5) is 0 Å². The first-order valence-corrected chi connectivity index (χ1v) is 7.53. The summed E-state index contributed by atoms with van der Waals surface area (Å²) in [5.41, 5.74) is 0. The van der Waals surface area contributed by atoms with Crippen molar-refractivity contribution in [1.29, 1.82) is 0 Å². The summed E-state index contributed by atoms with van der Waals surface area (Å²) in [6.07, 6.45) is 1.45. The number of fused-ring (bicyclic) bond motifs is 1. The van der Waals surface area contributed by atoms with Crippen LogP contribution in [-0.2, 0) is 0 Å². The maximum atomic E-state index is 8.78. The van der Waals surface area contributed by atoms with Crippen LogP contribution in [0.1, 0.15) is 4.88 Å². The number of nitrogens with zero attached hydrogens (tertiary/aromatic N) is 1. The molecule has 0 radical (unpaired) electrons. The van der Waals surface area contributed by atoms with Gasteiger partial charge >= 0.3 is 0 Å². The minimum absolute atomic E-state index is 0.791. The van der Waals surface area contributed by atoms with E-state index in [0.717, 1.165) is 25.6 Å². The number of rotatable bonds is 4. The average Bonchev–Trinajstić information content (AvgIpc) is 2.84. The van der Waals surface area contributed by atoms with Crippen LogP contribution in [0, 0.1) is 0 Å². The maximum absolute atomic E-state index is 8.78. The number of para-hydroxylation sites is 1. The van der Waals surface area contributed by atoms with Crippen LogP contribution < -0.4 is 4.18 Å². The minimum Gasteiger partial charge on any atom is -0.421 e. The summed E-state index contributed by atoms with van der Waals surface area (Å²) in [6.45, 7) is 0. The van der Waals surface area contributed by atoms with Gasteiger partial charge in [-0.1, -0.05) is 41.6 Å². The number of thiophene rings is 1. The molecule has 0 atom stereocenters. The predicted octanol–water partition coefficient (Wildman–Crippen LogP) is 4.80. The quantitative estimate of drug-likeness (QED) is 0.326. The van der Waals surface area contributed by atoms with Gasteiger partial charge in [0.1, 0.15) is 5.75 Å². The second kappa shape index (κ2) is 5.98. The van der Waals surface area contributed by atoms with Crippen molar-refractivity contribution in [2.24, 2.45) is 5.16 Å². The minimum atomic E-state index is 0.791. The van der Waals surface area contributed by atoms with Gasteiger partial charge in [0.05, 0.1) is 28.0 Å². The van der Waals surface area contributed by atoms with Crippen LogP contribution >= 0.6 is 23.4 Å². The molecule has 0 aliphatic carbocycles. The van der Waals surface area contributed by atoms with Crippen LogP contribution in [0.25, 0.3) is 10.1 Å². The molecule has 0 saturated carbocycles. The van der Waals surface area contributed by atoms with Crippen molar-refractivity contribution in [2.45, 2.75) is 4.90 Å². The summed E-state index contributed by atoms with van der Waals surface area (Å²) in [5.74, 6) is 0.791. The van der Waals surface area contributed by atoms with Crippen molar-refractivity contribution in [1.82, 2.24) is 0 Å². The van der Waals surface area contributed by atoms with Gasteiger partial charge in [0.2, 0.25) is 0 Å². The van der Waals surface area contributed by atoms with Gasteiger partial charge in [0, 0.05) is 10.1 Å². The van der Waals surface area contributed by atoms with Gasteiger partial charge in [-0.05, 0) is 18.2 Å². The summed E-state index contributed by atoms with van der Waals surface area (Å²) in [6, 6.07) is 17.7. The monoisotopic (exact) mass is 301 g/mol. The summed E-state index contributed by atoms with van der Waals surface area (Å²) >= 11 is 2.86. The summed E-state index contributed by atoms with van der Waals surface area (Å²) < 4.78 is 6.87. The van der Waals surface area contributed by atoms with Crippen LogP contribution in [0.5, 0.6) is 5.75 Å². The molecular weight excluding hydrogens is 290 g/mol. The van der Waals surface area contributed by atoms with E-state index < -0.39 is 0 Å². The Hall–Kier alpha value is -1.98. The predicted molar refractivity (Wildman–Crippen MR) is 84.1 cm³/mol. The first kappa shape index (κ1) is 13.0. The van der Waals surface area contributed by atoms with Crippen molar-refractivity contribution in [3.63, 3.8) is 0 Å². The van der Waals surface area contributed by atoms with Crippen molar-refractivity contribution < 1.29 is 9.39 Å². The Morgan fingerprint density at radius 2 is 1.80 bits per heavy atom. The molecule has 1 aromatic heterocycles. The summed E-state index contributed by atoms with van der Waals surface area (Å²) in [4.78, 5) is 1.85. The highest BCUT2D eigenvalue weighted by Crippen LogP contribution is 2.38. The molecule has 5 heteroatoms. The molecule has 0 bridgehead atoms. The first-order chi connectivity index (χ1) is 9.88. The lowest BCUT2D eigenvalue weighted by Gasteiger charge is -2.03. The fourth-order valence-corrected chi connectivity index (χ4v) is 3.78. The molecular formula is C15H11NO2S2. The molecule has 0 fully saturated rings. The second-order valence-corrected chi connectivity index (χ2v) is 5.84. The molecule has 0 saturated heterocycles. The zero-order valence-corrected chi connectivity index (χ0v) is 12.0. The molecule has 1 N–H and O–H groups in total. The third kappa shape index (κ3) is 2.64. The van der Waals surface area contributed by atoms with Gasteiger partial charge in [0.15, 0.2) is 0 Å². The van der Waals surface area contributed by atoms with E-state index in [2.05, 4.69) is 5.16 Å². The van der Waals surface area contributed by atoms with Crippen molar-refractivity contribution in [3.8, 4) is 5.75 Å². The Morgan fingerprint density at radius 3 is 2.60 bits per heavy atom. The lowest BCUT2D eigenvalue weighted by Crippen LogP contribution is -1.84. The van der Waals surface area contributed by atoms with Crippen LogP contribution in [0.2, 0.25) is 0 Å². The Kier molecular flexibility index (Phi) is 3.90. The van der Waals surface area contributed by atoms with Gasteiger partial charge in [-0.15, -0.1) is 11.3 Å². The highest BCUT2D eigenvalue weighted by molar-refractivity contribution is 7.95. The molecule has 0 spiro atoms.